The van der Waals surface area contributed by atoms with Gasteiger partial charge in [-0.3, -0.25) is 0 Å². The van der Waals surface area contributed by atoms with E-state index in [9.17, 15) is 0 Å². The van der Waals surface area contributed by atoms with Gasteiger partial charge in [-0.05, 0) is 43.1 Å². The predicted octanol–water partition coefficient (Wildman–Crippen LogP) is 4.76. The average Bonchev–Trinajstić information content (AvgIpc) is 2.40. The molecule has 1 N–H and O–H groups in total. The molecule has 2 rings (SSSR count). The highest BCUT2D eigenvalue weighted by Gasteiger charge is 2.17. The van der Waals surface area contributed by atoms with Crippen molar-refractivity contribution in [1.29, 1.82) is 0 Å². The van der Waals surface area contributed by atoms with Crippen molar-refractivity contribution in [2.75, 3.05) is 6.54 Å². The summed E-state index contributed by atoms with van der Waals surface area (Å²) in [6.07, 6.45) is 0. The minimum absolute atomic E-state index is 0.237. The zero-order chi connectivity index (χ0) is 13.8. The van der Waals surface area contributed by atoms with Crippen molar-refractivity contribution >= 4 is 15.9 Å². The van der Waals surface area contributed by atoms with E-state index >= 15 is 0 Å². The van der Waals surface area contributed by atoms with Gasteiger partial charge in [0.05, 0.1) is 6.04 Å². The fourth-order valence-corrected chi connectivity index (χ4v) is 2.86. The fraction of sp³-hybridized carbons (Fsp3) is 0.294. The molecule has 0 saturated carbocycles. The lowest BCUT2D eigenvalue weighted by Crippen LogP contribution is -2.23. The van der Waals surface area contributed by atoms with Gasteiger partial charge in [-0.1, -0.05) is 64.8 Å². The maximum atomic E-state index is 3.68. The molecule has 2 aromatic rings. The van der Waals surface area contributed by atoms with Crippen molar-refractivity contribution in [1.82, 2.24) is 5.32 Å². The Balaban J connectivity index is 2.51. The van der Waals surface area contributed by atoms with Crippen LogP contribution < -0.4 is 5.32 Å². The highest BCUT2D eigenvalue weighted by molar-refractivity contribution is 9.10. The van der Waals surface area contributed by atoms with Crippen LogP contribution in [0.25, 0.3) is 0 Å². The van der Waals surface area contributed by atoms with Crippen LogP contribution in [-0.4, -0.2) is 6.54 Å². The van der Waals surface area contributed by atoms with E-state index < -0.39 is 0 Å². The first kappa shape index (κ1) is 14.3. The Labute approximate surface area is 124 Å². The van der Waals surface area contributed by atoms with Gasteiger partial charge >= 0.3 is 0 Å². The Morgan fingerprint density at radius 2 is 1.79 bits per heavy atom. The molecule has 0 spiro atoms. The SMILES string of the molecule is CCNC(c1ccccc1C)c1cc(C)ccc1Br. The molecule has 100 valence electrons. The van der Waals surface area contributed by atoms with E-state index in [0.717, 1.165) is 11.0 Å². The highest BCUT2D eigenvalue weighted by Crippen LogP contribution is 2.31. The van der Waals surface area contributed by atoms with Gasteiger partial charge in [0.25, 0.3) is 0 Å². The monoisotopic (exact) mass is 317 g/mol. The standard InChI is InChI=1S/C17H20BrN/c1-4-19-17(14-8-6-5-7-13(14)3)15-11-12(2)9-10-16(15)18/h5-11,17,19H,4H2,1-3H3. The van der Waals surface area contributed by atoms with Gasteiger partial charge in [0.1, 0.15) is 0 Å². The molecule has 1 nitrogen and oxygen atoms in total. The van der Waals surface area contributed by atoms with Crippen LogP contribution in [0.15, 0.2) is 46.9 Å². The summed E-state index contributed by atoms with van der Waals surface area (Å²) < 4.78 is 1.16. The fourth-order valence-electron chi connectivity index (χ4n) is 2.39. The Hall–Kier alpha value is -1.12. The summed E-state index contributed by atoms with van der Waals surface area (Å²) in [7, 11) is 0. The zero-order valence-corrected chi connectivity index (χ0v) is 13.3. The molecule has 0 aliphatic rings. The molecular formula is C17H20BrN. The third kappa shape index (κ3) is 3.26. The van der Waals surface area contributed by atoms with E-state index in [1.807, 2.05) is 0 Å². The molecule has 0 aliphatic carbocycles. The number of nitrogens with one attached hydrogen (secondary N) is 1. The van der Waals surface area contributed by atoms with Crippen LogP contribution in [-0.2, 0) is 0 Å². The van der Waals surface area contributed by atoms with Gasteiger partial charge < -0.3 is 5.32 Å². The molecule has 0 saturated heterocycles. The Bertz CT molecular complexity index is 563. The quantitative estimate of drug-likeness (QED) is 0.856. The number of benzene rings is 2. The minimum atomic E-state index is 0.237. The first-order valence-electron chi connectivity index (χ1n) is 6.68. The van der Waals surface area contributed by atoms with E-state index in [1.165, 1.54) is 22.3 Å². The van der Waals surface area contributed by atoms with E-state index in [1.54, 1.807) is 0 Å². The lowest BCUT2D eigenvalue weighted by molar-refractivity contribution is 0.625. The molecule has 0 aliphatic heterocycles. The van der Waals surface area contributed by atoms with Crippen molar-refractivity contribution in [2.24, 2.45) is 0 Å². The van der Waals surface area contributed by atoms with Gasteiger partial charge in [0.15, 0.2) is 0 Å². The third-order valence-corrected chi connectivity index (χ3v) is 4.09. The lowest BCUT2D eigenvalue weighted by atomic mass is 9.94. The summed E-state index contributed by atoms with van der Waals surface area (Å²) in [5, 5.41) is 3.59. The molecular weight excluding hydrogens is 298 g/mol. The first-order chi connectivity index (χ1) is 9.13. The van der Waals surface area contributed by atoms with Crippen LogP contribution in [0.5, 0.6) is 0 Å². The van der Waals surface area contributed by atoms with Crippen LogP contribution in [0.2, 0.25) is 0 Å². The molecule has 2 heteroatoms. The molecule has 0 amide bonds. The summed E-state index contributed by atoms with van der Waals surface area (Å²) >= 11 is 3.68. The van der Waals surface area contributed by atoms with Gasteiger partial charge in [-0.25, -0.2) is 0 Å². The van der Waals surface area contributed by atoms with Gasteiger partial charge in [-0.15, -0.1) is 0 Å². The molecule has 0 heterocycles. The number of halogens is 1. The zero-order valence-electron chi connectivity index (χ0n) is 11.7. The van der Waals surface area contributed by atoms with Crippen LogP contribution in [0.1, 0.15) is 35.2 Å². The van der Waals surface area contributed by atoms with Crippen LogP contribution in [0.3, 0.4) is 0 Å². The number of rotatable bonds is 4. The maximum absolute atomic E-state index is 3.68. The van der Waals surface area contributed by atoms with Crippen molar-refractivity contribution in [3.63, 3.8) is 0 Å². The molecule has 0 fully saturated rings. The van der Waals surface area contributed by atoms with E-state index in [4.69, 9.17) is 0 Å². The van der Waals surface area contributed by atoms with Crippen molar-refractivity contribution in [3.05, 3.63) is 69.2 Å². The summed E-state index contributed by atoms with van der Waals surface area (Å²) in [6, 6.07) is 15.3. The molecule has 0 radical (unpaired) electrons. The summed E-state index contributed by atoms with van der Waals surface area (Å²) in [4.78, 5) is 0. The predicted molar refractivity (Wildman–Crippen MR) is 85.6 cm³/mol. The number of hydrogen-bond acceptors (Lipinski definition) is 1. The van der Waals surface area contributed by atoms with E-state index in [-0.39, 0.29) is 6.04 Å². The molecule has 19 heavy (non-hydrogen) atoms. The van der Waals surface area contributed by atoms with E-state index in [0.29, 0.717) is 0 Å². The van der Waals surface area contributed by atoms with Crippen molar-refractivity contribution in [2.45, 2.75) is 26.8 Å². The maximum Gasteiger partial charge on any atom is 0.0590 e. The molecule has 1 unspecified atom stereocenters. The second-order valence-electron chi connectivity index (χ2n) is 4.87. The summed E-state index contributed by atoms with van der Waals surface area (Å²) in [5.74, 6) is 0. The van der Waals surface area contributed by atoms with Gasteiger partial charge in [0, 0.05) is 4.47 Å². The van der Waals surface area contributed by atoms with Crippen LogP contribution in [0, 0.1) is 13.8 Å². The van der Waals surface area contributed by atoms with Gasteiger partial charge in [-0.2, -0.15) is 0 Å². The molecule has 0 bridgehead atoms. The van der Waals surface area contributed by atoms with Gasteiger partial charge in [0.2, 0.25) is 0 Å². The topological polar surface area (TPSA) is 12.0 Å². The average molecular weight is 318 g/mol. The molecule has 2 aromatic carbocycles. The number of aryl methyl sites for hydroxylation is 2. The second kappa shape index (κ2) is 6.36. The Morgan fingerprint density at radius 3 is 2.47 bits per heavy atom. The second-order valence-corrected chi connectivity index (χ2v) is 5.73. The summed E-state index contributed by atoms with van der Waals surface area (Å²) in [5.41, 5.74) is 5.25. The Kier molecular flexibility index (Phi) is 4.78. The van der Waals surface area contributed by atoms with Crippen LogP contribution >= 0.6 is 15.9 Å². The summed E-state index contributed by atoms with van der Waals surface area (Å²) in [6.45, 7) is 7.40. The lowest BCUT2D eigenvalue weighted by Gasteiger charge is -2.22. The van der Waals surface area contributed by atoms with Crippen molar-refractivity contribution in [3.8, 4) is 0 Å². The number of hydrogen-bond donors (Lipinski definition) is 1. The van der Waals surface area contributed by atoms with Crippen molar-refractivity contribution < 1.29 is 0 Å². The first-order valence-corrected chi connectivity index (χ1v) is 7.47. The third-order valence-electron chi connectivity index (χ3n) is 3.37. The van der Waals surface area contributed by atoms with Crippen LogP contribution in [0.4, 0.5) is 0 Å². The smallest absolute Gasteiger partial charge is 0.0590 e. The molecule has 1 atom stereocenters. The minimum Gasteiger partial charge on any atom is -0.306 e. The largest absolute Gasteiger partial charge is 0.306 e. The Morgan fingerprint density at radius 1 is 1.05 bits per heavy atom. The molecule has 0 aromatic heterocycles. The normalized spacial score (nSPS) is 12.4. The van der Waals surface area contributed by atoms with E-state index in [2.05, 4.69) is 84.5 Å². The highest BCUT2D eigenvalue weighted by atomic mass is 79.9.